The van der Waals surface area contributed by atoms with E-state index in [1.807, 2.05) is 0 Å². The number of carbonyl (C=O) groups is 1. The predicted octanol–water partition coefficient (Wildman–Crippen LogP) is 1.80. The summed E-state index contributed by atoms with van der Waals surface area (Å²) in [5, 5.41) is 0. The van der Waals surface area contributed by atoms with Crippen LogP contribution in [0.2, 0.25) is 0 Å². The molecule has 0 aliphatic rings. The van der Waals surface area contributed by atoms with E-state index < -0.39 is 18.8 Å². The Hall–Kier alpha value is -1.59. The van der Waals surface area contributed by atoms with E-state index in [0.29, 0.717) is 0 Å². The molecule has 1 heterocycles. The number of hydrogen-bond acceptors (Lipinski definition) is 3. The highest BCUT2D eigenvalue weighted by molar-refractivity contribution is 5.89. The maximum atomic E-state index is 11.6. The fourth-order valence-corrected chi connectivity index (χ4v) is 0.719. The van der Waals surface area contributed by atoms with Crippen molar-refractivity contribution in [1.82, 2.24) is 4.98 Å². The third-order valence-electron chi connectivity index (χ3n) is 1.28. The molecule has 3 nitrogen and oxygen atoms in total. The maximum absolute atomic E-state index is 11.6. The quantitative estimate of drug-likeness (QED) is 0.691. The van der Waals surface area contributed by atoms with Crippen LogP contribution in [-0.2, 0) is 4.74 Å². The minimum Gasteiger partial charge on any atom is -0.452 e. The Morgan fingerprint density at radius 1 is 1.36 bits per heavy atom. The molecule has 0 fully saturated rings. The van der Waals surface area contributed by atoms with Gasteiger partial charge in [-0.2, -0.15) is 13.2 Å². The lowest BCUT2D eigenvalue weighted by atomic mass is 10.3. The van der Waals surface area contributed by atoms with E-state index >= 15 is 0 Å². The lowest BCUT2D eigenvalue weighted by Crippen LogP contribution is -2.20. The van der Waals surface area contributed by atoms with Gasteiger partial charge in [-0.05, 0) is 12.1 Å². The van der Waals surface area contributed by atoms with E-state index in [2.05, 4.69) is 9.72 Å². The van der Waals surface area contributed by atoms with E-state index in [4.69, 9.17) is 0 Å². The first-order valence-corrected chi connectivity index (χ1v) is 3.63. The molecule has 1 aromatic rings. The van der Waals surface area contributed by atoms with Gasteiger partial charge in [-0.25, -0.2) is 4.79 Å². The summed E-state index contributed by atoms with van der Waals surface area (Å²) in [6, 6.07) is 2.55. The van der Waals surface area contributed by atoms with Gasteiger partial charge in [0.1, 0.15) is 0 Å². The first-order valence-electron chi connectivity index (χ1n) is 3.63. The number of rotatable bonds is 2. The lowest BCUT2D eigenvalue weighted by molar-refractivity contribution is -0.161. The smallest absolute Gasteiger partial charge is 0.422 e. The Balaban J connectivity index is 2.52. The third-order valence-corrected chi connectivity index (χ3v) is 1.28. The molecule has 0 amide bonds. The van der Waals surface area contributed by atoms with Gasteiger partial charge in [-0.3, -0.25) is 4.98 Å². The SMILES string of the molecule is O=C(OCC(F)(F)F)c1ccncc1. The van der Waals surface area contributed by atoms with E-state index in [-0.39, 0.29) is 5.56 Å². The van der Waals surface area contributed by atoms with Crippen molar-refractivity contribution in [2.45, 2.75) is 6.18 Å². The molecule has 0 saturated carbocycles. The number of alkyl halides is 3. The second-order valence-electron chi connectivity index (χ2n) is 2.43. The van der Waals surface area contributed by atoms with Gasteiger partial charge in [-0.1, -0.05) is 0 Å². The average Bonchev–Trinajstić information content (AvgIpc) is 2.14. The molecule has 0 aliphatic heterocycles. The Kier molecular flexibility index (Phi) is 3.06. The van der Waals surface area contributed by atoms with Crippen LogP contribution < -0.4 is 0 Å². The largest absolute Gasteiger partial charge is 0.452 e. The second-order valence-corrected chi connectivity index (χ2v) is 2.43. The highest BCUT2D eigenvalue weighted by Crippen LogP contribution is 2.15. The van der Waals surface area contributed by atoms with Crippen LogP contribution in [0.3, 0.4) is 0 Å². The van der Waals surface area contributed by atoms with Crippen molar-refractivity contribution in [1.29, 1.82) is 0 Å². The summed E-state index contributed by atoms with van der Waals surface area (Å²) in [4.78, 5) is 14.5. The Morgan fingerprint density at radius 2 is 1.93 bits per heavy atom. The standard InChI is InChI=1S/C8H6F3NO2/c9-8(10,11)5-14-7(13)6-1-3-12-4-2-6/h1-4H,5H2. The summed E-state index contributed by atoms with van der Waals surface area (Å²) in [5.41, 5.74) is 0.0456. The van der Waals surface area contributed by atoms with Crippen molar-refractivity contribution in [2.24, 2.45) is 0 Å². The number of halogens is 3. The van der Waals surface area contributed by atoms with Crippen LogP contribution in [0.5, 0.6) is 0 Å². The summed E-state index contributed by atoms with van der Waals surface area (Å²) in [6.45, 7) is -1.58. The molecule has 0 saturated heterocycles. The topological polar surface area (TPSA) is 39.2 Å². The van der Waals surface area contributed by atoms with Gasteiger partial charge >= 0.3 is 12.1 Å². The van der Waals surface area contributed by atoms with Gasteiger partial charge in [0, 0.05) is 12.4 Å². The molecular weight excluding hydrogens is 199 g/mol. The first kappa shape index (κ1) is 10.5. The van der Waals surface area contributed by atoms with Crippen LogP contribution in [0, 0.1) is 0 Å². The van der Waals surface area contributed by atoms with Crippen LogP contribution in [0.1, 0.15) is 10.4 Å². The van der Waals surface area contributed by atoms with Crippen molar-refractivity contribution in [3.05, 3.63) is 30.1 Å². The van der Waals surface area contributed by atoms with Crippen LogP contribution in [-0.4, -0.2) is 23.7 Å². The van der Waals surface area contributed by atoms with Crippen molar-refractivity contribution in [3.8, 4) is 0 Å². The molecule has 76 valence electrons. The number of hydrogen-bond donors (Lipinski definition) is 0. The molecule has 0 spiro atoms. The van der Waals surface area contributed by atoms with Crippen LogP contribution >= 0.6 is 0 Å². The van der Waals surface area contributed by atoms with Crippen LogP contribution in [0.25, 0.3) is 0 Å². The molecule has 0 unspecified atom stereocenters. The zero-order chi connectivity index (χ0) is 10.6. The van der Waals surface area contributed by atoms with Gasteiger partial charge in [0.2, 0.25) is 0 Å². The van der Waals surface area contributed by atoms with E-state index in [1.165, 1.54) is 24.5 Å². The highest BCUT2D eigenvalue weighted by atomic mass is 19.4. The molecule has 1 aromatic heterocycles. The molecule has 1 rings (SSSR count). The average molecular weight is 205 g/mol. The van der Waals surface area contributed by atoms with Crippen LogP contribution in [0.15, 0.2) is 24.5 Å². The van der Waals surface area contributed by atoms with E-state index in [0.717, 1.165) is 0 Å². The number of carbonyl (C=O) groups excluding carboxylic acids is 1. The Labute approximate surface area is 77.5 Å². The summed E-state index contributed by atoms with van der Waals surface area (Å²) in [6.07, 6.45) is -1.91. The molecule has 6 heteroatoms. The van der Waals surface area contributed by atoms with Gasteiger partial charge < -0.3 is 4.74 Å². The third kappa shape index (κ3) is 3.42. The number of esters is 1. The minimum absolute atomic E-state index is 0.0456. The molecular formula is C8H6F3NO2. The zero-order valence-corrected chi connectivity index (χ0v) is 6.91. The Bertz CT molecular complexity index is 310. The molecule has 0 N–H and O–H groups in total. The maximum Gasteiger partial charge on any atom is 0.422 e. The monoisotopic (exact) mass is 205 g/mol. The van der Waals surface area contributed by atoms with Crippen molar-refractivity contribution >= 4 is 5.97 Å². The normalized spacial score (nSPS) is 11.1. The molecule has 0 bridgehead atoms. The number of nitrogens with zero attached hydrogens (tertiary/aromatic N) is 1. The predicted molar refractivity (Wildman–Crippen MR) is 40.6 cm³/mol. The minimum atomic E-state index is -4.50. The molecule has 14 heavy (non-hydrogen) atoms. The van der Waals surface area contributed by atoms with Crippen molar-refractivity contribution in [3.63, 3.8) is 0 Å². The number of ether oxygens (including phenoxy) is 1. The van der Waals surface area contributed by atoms with Gasteiger partial charge in [0.25, 0.3) is 0 Å². The molecule has 0 aliphatic carbocycles. The summed E-state index contributed by atoms with van der Waals surface area (Å²) in [7, 11) is 0. The van der Waals surface area contributed by atoms with Crippen molar-refractivity contribution in [2.75, 3.05) is 6.61 Å². The Morgan fingerprint density at radius 3 is 2.43 bits per heavy atom. The highest BCUT2D eigenvalue weighted by Gasteiger charge is 2.29. The zero-order valence-electron chi connectivity index (χ0n) is 6.91. The number of aromatic nitrogens is 1. The number of pyridine rings is 1. The molecule has 0 atom stereocenters. The lowest BCUT2D eigenvalue weighted by Gasteiger charge is -2.07. The van der Waals surface area contributed by atoms with E-state index in [9.17, 15) is 18.0 Å². The molecule has 0 radical (unpaired) electrons. The van der Waals surface area contributed by atoms with Gasteiger partial charge in [0.15, 0.2) is 6.61 Å². The van der Waals surface area contributed by atoms with Crippen LogP contribution in [0.4, 0.5) is 13.2 Å². The fourth-order valence-electron chi connectivity index (χ4n) is 0.719. The first-order chi connectivity index (χ1) is 6.49. The van der Waals surface area contributed by atoms with E-state index in [1.54, 1.807) is 0 Å². The summed E-state index contributed by atoms with van der Waals surface area (Å²) in [5.74, 6) is -1.01. The molecule has 0 aromatic carbocycles. The summed E-state index contributed by atoms with van der Waals surface area (Å²) < 4.78 is 38.9. The fraction of sp³-hybridized carbons (Fsp3) is 0.250. The second kappa shape index (κ2) is 4.08. The summed E-state index contributed by atoms with van der Waals surface area (Å²) >= 11 is 0. The van der Waals surface area contributed by atoms with Crippen molar-refractivity contribution < 1.29 is 22.7 Å². The van der Waals surface area contributed by atoms with Gasteiger partial charge in [-0.15, -0.1) is 0 Å². The van der Waals surface area contributed by atoms with Gasteiger partial charge in [0.05, 0.1) is 5.56 Å².